The minimum atomic E-state index is -0.381. The highest BCUT2D eigenvalue weighted by Gasteiger charge is 2.05. The highest BCUT2D eigenvalue weighted by molar-refractivity contribution is 5.34. The highest BCUT2D eigenvalue weighted by atomic mass is 19.1. The third kappa shape index (κ3) is 1.62. The normalized spacial score (nSPS) is 10.3. The zero-order valence-electron chi connectivity index (χ0n) is 6.84. The summed E-state index contributed by atoms with van der Waals surface area (Å²) in [5.74, 6) is -0.381. The Bertz CT molecular complexity index is 284. The summed E-state index contributed by atoms with van der Waals surface area (Å²) in [5.41, 5.74) is 1.73. The lowest BCUT2D eigenvalue weighted by Gasteiger charge is -2.07. The van der Waals surface area contributed by atoms with Crippen LogP contribution in [0.4, 0.5) is 4.39 Å². The van der Waals surface area contributed by atoms with Crippen LogP contribution in [0.15, 0.2) is 12.1 Å². The molecule has 0 bridgehead atoms. The van der Waals surface area contributed by atoms with Crippen molar-refractivity contribution in [3.8, 4) is 0 Å². The van der Waals surface area contributed by atoms with Gasteiger partial charge in [0, 0.05) is 0 Å². The van der Waals surface area contributed by atoms with Crippen LogP contribution in [0.3, 0.4) is 0 Å². The van der Waals surface area contributed by atoms with Crippen molar-refractivity contribution in [2.24, 2.45) is 0 Å². The molecule has 1 rings (SSSR count). The number of aryl methyl sites for hydroxylation is 1. The Morgan fingerprint density at radius 1 is 1.25 bits per heavy atom. The molecule has 0 atom stereocenters. The molecule has 0 aliphatic heterocycles. The van der Waals surface area contributed by atoms with Crippen molar-refractivity contribution in [3.63, 3.8) is 0 Å². The predicted octanol–water partition coefficient (Wildman–Crippen LogP) is 1.12. The second-order valence-corrected chi connectivity index (χ2v) is 2.68. The van der Waals surface area contributed by atoms with Crippen molar-refractivity contribution in [2.75, 3.05) is 0 Å². The van der Waals surface area contributed by atoms with Crippen LogP contribution in [0.1, 0.15) is 16.7 Å². The first-order chi connectivity index (χ1) is 5.69. The lowest BCUT2D eigenvalue weighted by Crippen LogP contribution is -1.98. The molecule has 3 heteroatoms. The van der Waals surface area contributed by atoms with Gasteiger partial charge in [0.1, 0.15) is 5.82 Å². The zero-order valence-corrected chi connectivity index (χ0v) is 6.84. The standard InChI is InChI=1S/C9H11FO2/c1-6-2-8(10)3-7(4-11)9(6)5-12/h2-3,11-12H,4-5H2,1H3. The molecule has 0 saturated heterocycles. The molecule has 0 aliphatic rings. The van der Waals surface area contributed by atoms with Crippen molar-refractivity contribution in [3.05, 3.63) is 34.6 Å². The van der Waals surface area contributed by atoms with Crippen LogP contribution >= 0.6 is 0 Å². The number of aliphatic hydroxyl groups is 2. The molecule has 0 heterocycles. The average Bonchev–Trinajstić information content (AvgIpc) is 2.03. The maximum Gasteiger partial charge on any atom is 0.123 e. The topological polar surface area (TPSA) is 40.5 Å². The average molecular weight is 170 g/mol. The lowest BCUT2D eigenvalue weighted by atomic mass is 10.0. The molecule has 2 N–H and O–H groups in total. The Balaban J connectivity index is 3.24. The van der Waals surface area contributed by atoms with E-state index in [4.69, 9.17) is 10.2 Å². The van der Waals surface area contributed by atoms with Gasteiger partial charge in [-0.15, -0.1) is 0 Å². The summed E-state index contributed by atoms with van der Waals surface area (Å²) in [6.07, 6.45) is 0. The van der Waals surface area contributed by atoms with Crippen LogP contribution in [0.5, 0.6) is 0 Å². The first-order valence-electron chi connectivity index (χ1n) is 3.68. The van der Waals surface area contributed by atoms with Gasteiger partial charge < -0.3 is 10.2 Å². The van der Waals surface area contributed by atoms with Crippen LogP contribution in [0, 0.1) is 12.7 Å². The van der Waals surface area contributed by atoms with E-state index < -0.39 is 0 Å². The molecule has 0 amide bonds. The molecule has 0 radical (unpaired) electrons. The van der Waals surface area contributed by atoms with E-state index in [9.17, 15) is 4.39 Å². The molecular weight excluding hydrogens is 159 g/mol. The Hall–Kier alpha value is -0.930. The Kier molecular flexibility index (Phi) is 2.78. The van der Waals surface area contributed by atoms with Crippen molar-refractivity contribution < 1.29 is 14.6 Å². The van der Waals surface area contributed by atoms with Gasteiger partial charge in [0.25, 0.3) is 0 Å². The zero-order chi connectivity index (χ0) is 9.14. The minimum Gasteiger partial charge on any atom is -0.392 e. The van der Waals surface area contributed by atoms with Gasteiger partial charge in [-0.05, 0) is 35.7 Å². The summed E-state index contributed by atoms with van der Waals surface area (Å²) >= 11 is 0. The summed E-state index contributed by atoms with van der Waals surface area (Å²) in [7, 11) is 0. The Morgan fingerprint density at radius 3 is 2.42 bits per heavy atom. The van der Waals surface area contributed by atoms with E-state index in [0.717, 1.165) is 0 Å². The van der Waals surface area contributed by atoms with E-state index in [1.54, 1.807) is 6.92 Å². The van der Waals surface area contributed by atoms with Gasteiger partial charge in [0.15, 0.2) is 0 Å². The molecule has 66 valence electrons. The molecule has 0 aromatic heterocycles. The van der Waals surface area contributed by atoms with Gasteiger partial charge in [-0.25, -0.2) is 4.39 Å². The number of halogens is 1. The Morgan fingerprint density at radius 2 is 1.92 bits per heavy atom. The molecule has 0 spiro atoms. The third-order valence-corrected chi connectivity index (χ3v) is 1.86. The van der Waals surface area contributed by atoms with Gasteiger partial charge in [-0.2, -0.15) is 0 Å². The van der Waals surface area contributed by atoms with E-state index in [1.807, 2.05) is 0 Å². The molecule has 0 fully saturated rings. The molecule has 0 saturated carbocycles. The van der Waals surface area contributed by atoms with Gasteiger partial charge >= 0.3 is 0 Å². The molecule has 0 aliphatic carbocycles. The fourth-order valence-corrected chi connectivity index (χ4v) is 1.21. The maximum atomic E-state index is 12.7. The summed E-state index contributed by atoms with van der Waals surface area (Å²) < 4.78 is 12.7. The SMILES string of the molecule is Cc1cc(F)cc(CO)c1CO. The van der Waals surface area contributed by atoms with Crippen LogP contribution in [0.25, 0.3) is 0 Å². The fourth-order valence-electron chi connectivity index (χ4n) is 1.21. The number of rotatable bonds is 2. The second-order valence-electron chi connectivity index (χ2n) is 2.68. The molecular formula is C9H11FO2. The largest absolute Gasteiger partial charge is 0.392 e. The van der Waals surface area contributed by atoms with E-state index in [2.05, 4.69) is 0 Å². The summed E-state index contributed by atoms with van der Waals surface area (Å²) in [4.78, 5) is 0. The summed E-state index contributed by atoms with van der Waals surface area (Å²) in [6, 6.07) is 2.57. The molecule has 1 aromatic carbocycles. The van der Waals surface area contributed by atoms with Gasteiger partial charge in [-0.3, -0.25) is 0 Å². The quantitative estimate of drug-likeness (QED) is 0.698. The van der Waals surface area contributed by atoms with Crippen LogP contribution in [-0.2, 0) is 13.2 Å². The summed E-state index contributed by atoms with van der Waals surface area (Å²) in [6.45, 7) is 1.30. The molecule has 2 nitrogen and oxygen atoms in total. The second kappa shape index (κ2) is 3.65. The van der Waals surface area contributed by atoms with Crippen LogP contribution < -0.4 is 0 Å². The van der Waals surface area contributed by atoms with E-state index >= 15 is 0 Å². The van der Waals surface area contributed by atoms with Gasteiger partial charge in [0.05, 0.1) is 13.2 Å². The van der Waals surface area contributed by atoms with Crippen molar-refractivity contribution in [1.82, 2.24) is 0 Å². The van der Waals surface area contributed by atoms with Gasteiger partial charge in [0.2, 0.25) is 0 Å². The highest BCUT2D eigenvalue weighted by Crippen LogP contribution is 2.16. The van der Waals surface area contributed by atoms with E-state index in [1.165, 1.54) is 12.1 Å². The number of aliphatic hydroxyl groups excluding tert-OH is 2. The smallest absolute Gasteiger partial charge is 0.123 e. The molecule has 12 heavy (non-hydrogen) atoms. The maximum absolute atomic E-state index is 12.7. The van der Waals surface area contributed by atoms with E-state index in [0.29, 0.717) is 16.7 Å². The number of benzene rings is 1. The van der Waals surface area contributed by atoms with Crippen molar-refractivity contribution >= 4 is 0 Å². The third-order valence-electron chi connectivity index (χ3n) is 1.86. The predicted molar refractivity (Wildman–Crippen MR) is 43.0 cm³/mol. The fraction of sp³-hybridized carbons (Fsp3) is 0.333. The van der Waals surface area contributed by atoms with Crippen molar-refractivity contribution in [1.29, 1.82) is 0 Å². The number of hydrogen-bond donors (Lipinski definition) is 2. The first-order valence-corrected chi connectivity index (χ1v) is 3.68. The van der Waals surface area contributed by atoms with Gasteiger partial charge in [-0.1, -0.05) is 0 Å². The molecule has 0 unspecified atom stereocenters. The lowest BCUT2D eigenvalue weighted by molar-refractivity contribution is 0.258. The summed E-state index contributed by atoms with van der Waals surface area (Å²) in [5, 5.41) is 17.7. The minimum absolute atomic E-state index is 0.165. The van der Waals surface area contributed by atoms with E-state index in [-0.39, 0.29) is 19.0 Å². The monoisotopic (exact) mass is 170 g/mol. The first kappa shape index (κ1) is 9.16. The number of hydrogen-bond acceptors (Lipinski definition) is 2. The molecule has 1 aromatic rings. The Labute approximate surface area is 70.3 Å². The van der Waals surface area contributed by atoms with Crippen LogP contribution in [0.2, 0.25) is 0 Å². The van der Waals surface area contributed by atoms with Crippen molar-refractivity contribution in [2.45, 2.75) is 20.1 Å². The van der Waals surface area contributed by atoms with Crippen LogP contribution in [-0.4, -0.2) is 10.2 Å².